The lowest BCUT2D eigenvalue weighted by atomic mass is 9.65. The maximum absolute atomic E-state index is 14.2. The van der Waals surface area contributed by atoms with E-state index in [-0.39, 0.29) is 51.7 Å². The highest BCUT2D eigenvalue weighted by Crippen LogP contribution is 2.47. The predicted molar refractivity (Wildman–Crippen MR) is 146 cm³/mol. The number of ketones is 1. The molecule has 0 N–H and O–H groups in total. The van der Waals surface area contributed by atoms with Crippen molar-refractivity contribution >= 4 is 45.1 Å². The minimum Gasteiger partial charge on any atom is -0.291 e. The van der Waals surface area contributed by atoms with Gasteiger partial charge in [-0.25, -0.2) is 17.5 Å². The summed E-state index contributed by atoms with van der Waals surface area (Å²) < 4.78 is 44.0. The highest BCUT2D eigenvalue weighted by molar-refractivity contribution is 7.89. The van der Waals surface area contributed by atoms with E-state index in [0.29, 0.717) is 12.1 Å². The van der Waals surface area contributed by atoms with E-state index in [1.165, 1.54) is 34.6 Å². The van der Waals surface area contributed by atoms with Gasteiger partial charge in [-0.3, -0.25) is 9.78 Å². The van der Waals surface area contributed by atoms with Crippen LogP contribution >= 0.6 is 23.2 Å². The van der Waals surface area contributed by atoms with Gasteiger partial charge >= 0.3 is 0 Å². The number of piperidine rings is 1. The van der Waals surface area contributed by atoms with E-state index < -0.39 is 15.4 Å². The zero-order chi connectivity index (χ0) is 27.4. The van der Waals surface area contributed by atoms with Crippen LogP contribution < -0.4 is 0 Å². The molecule has 1 fully saturated rings. The Bertz CT molecular complexity index is 1740. The first-order valence-electron chi connectivity index (χ1n) is 12.1. The Morgan fingerprint density at radius 1 is 1.03 bits per heavy atom. The molecule has 0 saturated carbocycles. The Morgan fingerprint density at radius 3 is 2.54 bits per heavy atom. The number of aromatic nitrogens is 3. The number of carbonyl (C=O) groups excluding carboxylic acids is 1. The maximum atomic E-state index is 14.2. The number of sulfonamides is 1. The molecule has 4 aromatic rings. The van der Waals surface area contributed by atoms with Crippen molar-refractivity contribution in [2.75, 3.05) is 13.1 Å². The second-order valence-corrected chi connectivity index (χ2v) is 12.3. The van der Waals surface area contributed by atoms with Crippen molar-refractivity contribution in [1.29, 1.82) is 0 Å². The summed E-state index contributed by atoms with van der Waals surface area (Å²) in [6.07, 6.45) is 5.69. The van der Waals surface area contributed by atoms with Gasteiger partial charge in [0, 0.05) is 19.3 Å². The fourth-order valence-corrected chi connectivity index (χ4v) is 7.23. The van der Waals surface area contributed by atoms with Gasteiger partial charge in [-0.05, 0) is 79.1 Å². The van der Waals surface area contributed by atoms with Gasteiger partial charge in [0.25, 0.3) is 0 Å². The molecule has 198 valence electrons. The van der Waals surface area contributed by atoms with Crippen molar-refractivity contribution in [3.05, 3.63) is 111 Å². The van der Waals surface area contributed by atoms with Gasteiger partial charge in [0.2, 0.25) is 10.0 Å². The van der Waals surface area contributed by atoms with Crippen molar-refractivity contribution in [3.8, 4) is 5.69 Å². The zero-order valence-electron chi connectivity index (χ0n) is 20.4. The number of rotatable bonds is 5. The fraction of sp³-hybridized carbons (Fsp3) is 0.179. The molecule has 11 heteroatoms. The SMILES string of the molecule is O=C(c1ccccn1)[C@]12Cc3cnn(-c4ccc(F)cc4)c3C=C1CCN(S(=O)(=O)c1ccc(Cl)c(Cl)c1)C2. The smallest absolute Gasteiger partial charge is 0.243 e. The Hall–Kier alpha value is -3.37. The molecule has 1 saturated heterocycles. The molecule has 1 atom stereocenters. The second kappa shape index (κ2) is 9.67. The number of hydrogen-bond acceptors (Lipinski definition) is 5. The number of carbonyl (C=O) groups is 1. The number of nitrogens with zero attached hydrogens (tertiary/aromatic N) is 4. The Labute approximate surface area is 234 Å². The number of fused-ring (bicyclic) bond motifs is 2. The molecule has 3 heterocycles. The van der Waals surface area contributed by atoms with Crippen LogP contribution in [0.4, 0.5) is 4.39 Å². The number of halogens is 3. The molecule has 39 heavy (non-hydrogen) atoms. The van der Waals surface area contributed by atoms with Crippen LogP contribution in [0.25, 0.3) is 11.8 Å². The molecule has 6 rings (SSSR count). The molecule has 2 aromatic carbocycles. The van der Waals surface area contributed by atoms with E-state index in [1.54, 1.807) is 47.4 Å². The van der Waals surface area contributed by atoms with Crippen molar-refractivity contribution in [3.63, 3.8) is 0 Å². The normalized spacial score (nSPS) is 19.2. The van der Waals surface area contributed by atoms with Gasteiger partial charge in [-0.2, -0.15) is 9.40 Å². The third-order valence-electron chi connectivity index (χ3n) is 7.31. The van der Waals surface area contributed by atoms with Crippen LogP contribution in [0.2, 0.25) is 10.0 Å². The fourth-order valence-electron chi connectivity index (χ4n) is 5.34. The first kappa shape index (κ1) is 25.9. The summed E-state index contributed by atoms with van der Waals surface area (Å²) in [5, 5.41) is 4.89. The summed E-state index contributed by atoms with van der Waals surface area (Å²) in [4.78, 5) is 18.5. The molecular formula is C28H21Cl2FN4O3S. The molecule has 1 aliphatic carbocycles. The van der Waals surface area contributed by atoms with Gasteiger partial charge < -0.3 is 0 Å². The average Bonchev–Trinajstić information content (AvgIpc) is 3.35. The highest BCUT2D eigenvalue weighted by Gasteiger charge is 2.51. The van der Waals surface area contributed by atoms with Gasteiger partial charge in [-0.15, -0.1) is 0 Å². The molecule has 2 aromatic heterocycles. The summed E-state index contributed by atoms with van der Waals surface area (Å²) >= 11 is 12.1. The molecule has 0 unspecified atom stereocenters. The highest BCUT2D eigenvalue weighted by atomic mass is 35.5. The van der Waals surface area contributed by atoms with E-state index in [4.69, 9.17) is 23.2 Å². The van der Waals surface area contributed by atoms with Crippen LogP contribution in [0.15, 0.2) is 83.5 Å². The summed E-state index contributed by atoms with van der Waals surface area (Å²) in [6.45, 7) is 0.101. The summed E-state index contributed by atoms with van der Waals surface area (Å²) in [5.74, 6) is -0.614. The van der Waals surface area contributed by atoms with Crippen molar-refractivity contribution in [2.45, 2.75) is 17.7 Å². The van der Waals surface area contributed by atoms with Crippen LogP contribution in [0, 0.1) is 11.2 Å². The van der Waals surface area contributed by atoms with Crippen LogP contribution in [-0.2, 0) is 16.4 Å². The number of hydrogen-bond donors (Lipinski definition) is 0. The lowest BCUT2D eigenvalue weighted by Gasteiger charge is -2.44. The number of benzene rings is 2. The average molecular weight is 583 g/mol. The molecule has 0 bridgehead atoms. The topological polar surface area (TPSA) is 85.2 Å². The molecule has 2 aliphatic rings. The van der Waals surface area contributed by atoms with E-state index in [9.17, 15) is 17.6 Å². The van der Waals surface area contributed by atoms with Gasteiger partial charge in [0.15, 0.2) is 5.78 Å². The van der Waals surface area contributed by atoms with Crippen LogP contribution in [0.5, 0.6) is 0 Å². The predicted octanol–water partition coefficient (Wildman–Crippen LogP) is 5.62. The molecule has 0 radical (unpaired) electrons. The Balaban J connectivity index is 1.45. The second-order valence-electron chi connectivity index (χ2n) is 9.58. The lowest BCUT2D eigenvalue weighted by Crippen LogP contribution is -2.53. The van der Waals surface area contributed by atoms with Crippen LogP contribution in [0.3, 0.4) is 0 Å². The van der Waals surface area contributed by atoms with Gasteiger partial charge in [-0.1, -0.05) is 34.8 Å². The first-order chi connectivity index (χ1) is 18.7. The number of Topliss-reactive ketones (excluding diaryl/α,β-unsaturated/α-hetero) is 1. The van der Waals surface area contributed by atoms with Crippen LogP contribution in [-0.4, -0.2) is 46.4 Å². The third kappa shape index (κ3) is 4.39. The van der Waals surface area contributed by atoms with Crippen molar-refractivity contribution in [1.82, 2.24) is 19.1 Å². The summed E-state index contributed by atoms with van der Waals surface area (Å²) in [7, 11) is -3.99. The minimum absolute atomic E-state index is 0.00499. The lowest BCUT2D eigenvalue weighted by molar-refractivity contribution is 0.0770. The largest absolute Gasteiger partial charge is 0.291 e. The van der Waals surface area contributed by atoms with Gasteiger partial charge in [0.1, 0.15) is 11.5 Å². The van der Waals surface area contributed by atoms with E-state index in [1.807, 2.05) is 6.08 Å². The van der Waals surface area contributed by atoms with E-state index >= 15 is 0 Å². The third-order valence-corrected chi connectivity index (χ3v) is 9.89. The van der Waals surface area contributed by atoms with Crippen molar-refractivity contribution in [2.24, 2.45) is 5.41 Å². The van der Waals surface area contributed by atoms with Crippen molar-refractivity contribution < 1.29 is 17.6 Å². The molecule has 0 spiro atoms. The number of pyridine rings is 1. The van der Waals surface area contributed by atoms with Gasteiger partial charge in [0.05, 0.1) is 37.9 Å². The summed E-state index contributed by atoms with van der Waals surface area (Å²) in [5.41, 5.74) is 2.11. The molecule has 1 aliphatic heterocycles. The maximum Gasteiger partial charge on any atom is 0.243 e. The molecular weight excluding hydrogens is 562 g/mol. The standard InChI is InChI=1S/C28H21Cl2FN4O3S/c29-23-9-8-22(14-24(23)30)39(37,38)34-12-10-19-13-26-18(16-33-35(26)21-6-4-20(31)5-7-21)15-28(19,17-34)27(36)25-3-1-2-11-32-25/h1-9,11,13-14,16H,10,12,15,17H2/t28-/m0/s1. The zero-order valence-corrected chi connectivity index (χ0v) is 22.7. The van der Waals surface area contributed by atoms with E-state index in [2.05, 4.69) is 10.1 Å². The first-order valence-corrected chi connectivity index (χ1v) is 14.3. The Morgan fingerprint density at radius 2 is 1.82 bits per heavy atom. The quantitative estimate of drug-likeness (QED) is 0.285. The molecule has 7 nitrogen and oxygen atoms in total. The summed E-state index contributed by atoms with van der Waals surface area (Å²) in [6, 6.07) is 15.3. The van der Waals surface area contributed by atoms with E-state index in [0.717, 1.165) is 16.8 Å². The minimum atomic E-state index is -3.99. The van der Waals surface area contributed by atoms with Crippen LogP contribution in [0.1, 0.15) is 28.2 Å². The Kier molecular flexibility index (Phi) is 6.42. The monoisotopic (exact) mass is 582 g/mol. The molecule has 0 amide bonds.